The van der Waals surface area contributed by atoms with Crippen molar-refractivity contribution >= 4 is 11.7 Å². The minimum Gasteiger partial charge on any atom is -0.467 e. The Labute approximate surface area is 153 Å². The second-order valence-electron chi connectivity index (χ2n) is 7.20. The number of Topliss-reactive ketones (excluding diaryl/α,β-unsaturated/α-hetero) is 1. The number of amides is 1. The third-order valence-corrected chi connectivity index (χ3v) is 5.59. The van der Waals surface area contributed by atoms with Crippen LogP contribution in [-0.2, 0) is 11.3 Å². The number of carbonyl (C=O) groups excluding carboxylic acids is 2. The number of furan rings is 1. The molecule has 2 N–H and O–H groups in total. The highest BCUT2D eigenvalue weighted by atomic mass is 16.3. The molecule has 6 heteroatoms. The van der Waals surface area contributed by atoms with Gasteiger partial charge in [-0.05, 0) is 64.9 Å². The fourth-order valence-corrected chi connectivity index (χ4v) is 3.81. The highest BCUT2D eigenvalue weighted by Crippen LogP contribution is 2.23. The SMILES string of the molecule is Cc1cc(C(=O)[C@H](C)N2CCC(C(N)=O)CC2)c(C)n1Cc1ccco1. The quantitative estimate of drug-likeness (QED) is 0.806. The molecule has 26 heavy (non-hydrogen) atoms. The first-order valence-electron chi connectivity index (χ1n) is 9.15. The van der Waals surface area contributed by atoms with Crippen LogP contribution in [-0.4, -0.2) is 40.3 Å². The molecule has 0 radical (unpaired) electrons. The molecule has 0 spiro atoms. The van der Waals surface area contributed by atoms with Crippen LogP contribution >= 0.6 is 0 Å². The van der Waals surface area contributed by atoms with E-state index >= 15 is 0 Å². The van der Waals surface area contributed by atoms with E-state index < -0.39 is 0 Å². The molecule has 0 aromatic carbocycles. The zero-order valence-corrected chi connectivity index (χ0v) is 15.7. The zero-order chi connectivity index (χ0) is 18.8. The van der Waals surface area contributed by atoms with Gasteiger partial charge in [0.05, 0.1) is 18.8 Å². The van der Waals surface area contributed by atoms with E-state index in [2.05, 4.69) is 9.47 Å². The smallest absolute Gasteiger partial charge is 0.220 e. The molecule has 0 bridgehead atoms. The molecule has 140 valence electrons. The van der Waals surface area contributed by atoms with E-state index in [1.807, 2.05) is 39.0 Å². The number of nitrogens with two attached hydrogens (primary N) is 1. The van der Waals surface area contributed by atoms with E-state index in [-0.39, 0.29) is 23.7 Å². The molecule has 0 saturated carbocycles. The van der Waals surface area contributed by atoms with Crippen LogP contribution in [0.15, 0.2) is 28.9 Å². The Kier molecular flexibility index (Phi) is 5.32. The Balaban J connectivity index is 1.72. The van der Waals surface area contributed by atoms with Gasteiger partial charge in [0.2, 0.25) is 5.91 Å². The summed E-state index contributed by atoms with van der Waals surface area (Å²) < 4.78 is 7.55. The van der Waals surface area contributed by atoms with Crippen molar-refractivity contribution in [1.82, 2.24) is 9.47 Å². The average Bonchev–Trinajstić information content (AvgIpc) is 3.24. The first-order chi connectivity index (χ1) is 12.4. The van der Waals surface area contributed by atoms with Crippen molar-refractivity contribution in [3.8, 4) is 0 Å². The Morgan fingerprint density at radius 3 is 2.58 bits per heavy atom. The van der Waals surface area contributed by atoms with Gasteiger partial charge in [-0.15, -0.1) is 0 Å². The molecule has 6 nitrogen and oxygen atoms in total. The van der Waals surface area contributed by atoms with Crippen LogP contribution in [0.5, 0.6) is 0 Å². The third-order valence-electron chi connectivity index (χ3n) is 5.59. The lowest BCUT2D eigenvalue weighted by Crippen LogP contribution is -2.46. The van der Waals surface area contributed by atoms with Gasteiger partial charge in [-0.1, -0.05) is 0 Å². The summed E-state index contributed by atoms with van der Waals surface area (Å²) in [6.45, 7) is 8.02. The fraction of sp³-hybridized carbons (Fsp3) is 0.500. The van der Waals surface area contributed by atoms with Crippen LogP contribution in [0, 0.1) is 19.8 Å². The summed E-state index contributed by atoms with van der Waals surface area (Å²) in [4.78, 5) is 26.6. The number of primary amides is 1. The standard InChI is InChI=1S/C20H27N3O3/c1-13-11-18(14(2)23(13)12-17-5-4-10-26-17)19(24)15(3)22-8-6-16(7-9-22)20(21)25/h4-5,10-11,15-16H,6-9,12H2,1-3H3,(H2,21,25)/t15-/m0/s1. The van der Waals surface area contributed by atoms with Crippen LogP contribution in [0.3, 0.4) is 0 Å². The number of likely N-dealkylation sites (tertiary alicyclic amines) is 1. The summed E-state index contributed by atoms with van der Waals surface area (Å²) in [7, 11) is 0. The summed E-state index contributed by atoms with van der Waals surface area (Å²) in [6, 6.07) is 5.56. The van der Waals surface area contributed by atoms with Gasteiger partial charge >= 0.3 is 0 Å². The third kappa shape index (κ3) is 3.60. The topological polar surface area (TPSA) is 81.5 Å². The highest BCUT2D eigenvalue weighted by molar-refractivity contribution is 6.01. The van der Waals surface area contributed by atoms with Crippen molar-refractivity contribution in [3.05, 3.63) is 47.2 Å². The largest absolute Gasteiger partial charge is 0.467 e. The van der Waals surface area contributed by atoms with Gasteiger partial charge in [-0.3, -0.25) is 14.5 Å². The second-order valence-corrected chi connectivity index (χ2v) is 7.20. The highest BCUT2D eigenvalue weighted by Gasteiger charge is 2.30. The predicted octanol–water partition coefficient (Wildman–Crippen LogP) is 2.51. The Bertz CT molecular complexity index is 784. The summed E-state index contributed by atoms with van der Waals surface area (Å²) in [6.07, 6.45) is 3.11. The molecule has 1 aliphatic rings. The van der Waals surface area contributed by atoms with Crippen molar-refractivity contribution in [2.24, 2.45) is 11.7 Å². The van der Waals surface area contributed by atoms with Crippen LogP contribution in [0.4, 0.5) is 0 Å². The van der Waals surface area contributed by atoms with E-state index in [4.69, 9.17) is 10.2 Å². The summed E-state index contributed by atoms with van der Waals surface area (Å²) in [5.74, 6) is 0.700. The van der Waals surface area contributed by atoms with Gasteiger partial charge in [0.15, 0.2) is 5.78 Å². The molecule has 2 aromatic rings. The zero-order valence-electron chi connectivity index (χ0n) is 15.7. The minimum absolute atomic E-state index is 0.0630. The van der Waals surface area contributed by atoms with Crippen LogP contribution in [0.1, 0.15) is 47.3 Å². The van der Waals surface area contributed by atoms with E-state index in [0.29, 0.717) is 6.54 Å². The fourth-order valence-electron chi connectivity index (χ4n) is 3.81. The predicted molar refractivity (Wildman–Crippen MR) is 99.0 cm³/mol. The monoisotopic (exact) mass is 357 g/mol. The molecule has 3 heterocycles. The van der Waals surface area contributed by atoms with E-state index in [0.717, 1.165) is 48.6 Å². The maximum absolute atomic E-state index is 13.1. The molecule has 1 atom stereocenters. The van der Waals surface area contributed by atoms with Crippen molar-refractivity contribution in [1.29, 1.82) is 0 Å². The number of aromatic nitrogens is 1. The number of ketones is 1. The van der Waals surface area contributed by atoms with Crippen LogP contribution in [0.2, 0.25) is 0 Å². The lowest BCUT2D eigenvalue weighted by molar-refractivity contribution is -0.123. The van der Waals surface area contributed by atoms with Crippen molar-refractivity contribution < 1.29 is 14.0 Å². The van der Waals surface area contributed by atoms with Gasteiger partial charge < -0.3 is 14.7 Å². The summed E-state index contributed by atoms with van der Waals surface area (Å²) in [5.41, 5.74) is 8.17. The Morgan fingerprint density at radius 1 is 1.31 bits per heavy atom. The van der Waals surface area contributed by atoms with Gasteiger partial charge in [0.1, 0.15) is 5.76 Å². The number of aryl methyl sites for hydroxylation is 1. The molecule has 0 unspecified atom stereocenters. The average molecular weight is 357 g/mol. The van der Waals surface area contributed by atoms with E-state index in [1.165, 1.54) is 0 Å². The second kappa shape index (κ2) is 7.50. The molecule has 1 saturated heterocycles. The molecular formula is C20H27N3O3. The first-order valence-corrected chi connectivity index (χ1v) is 9.15. The van der Waals surface area contributed by atoms with Gasteiger partial charge in [0.25, 0.3) is 0 Å². The lowest BCUT2D eigenvalue weighted by atomic mass is 9.94. The van der Waals surface area contributed by atoms with E-state index in [9.17, 15) is 9.59 Å². The molecule has 3 rings (SSSR count). The van der Waals surface area contributed by atoms with Crippen molar-refractivity contribution in [3.63, 3.8) is 0 Å². The van der Waals surface area contributed by atoms with Crippen LogP contribution < -0.4 is 5.73 Å². The van der Waals surface area contributed by atoms with Gasteiger partial charge in [-0.2, -0.15) is 0 Å². The van der Waals surface area contributed by atoms with Gasteiger partial charge in [-0.25, -0.2) is 0 Å². The first kappa shape index (κ1) is 18.5. The Hall–Kier alpha value is -2.34. The normalized spacial score (nSPS) is 17.3. The molecule has 0 aliphatic carbocycles. The lowest BCUT2D eigenvalue weighted by Gasteiger charge is -2.34. The maximum Gasteiger partial charge on any atom is 0.220 e. The number of hydrogen-bond acceptors (Lipinski definition) is 4. The number of piperidine rings is 1. The summed E-state index contributed by atoms with van der Waals surface area (Å²) in [5, 5.41) is 0. The molecule has 2 aromatic heterocycles. The van der Waals surface area contributed by atoms with Crippen LogP contribution in [0.25, 0.3) is 0 Å². The number of rotatable bonds is 6. The molecule has 1 aliphatic heterocycles. The van der Waals surface area contributed by atoms with E-state index in [1.54, 1.807) is 6.26 Å². The molecular weight excluding hydrogens is 330 g/mol. The minimum atomic E-state index is -0.231. The summed E-state index contributed by atoms with van der Waals surface area (Å²) >= 11 is 0. The van der Waals surface area contributed by atoms with Crippen molar-refractivity contribution in [2.75, 3.05) is 13.1 Å². The molecule has 1 amide bonds. The molecule has 1 fully saturated rings. The van der Waals surface area contributed by atoms with Gasteiger partial charge in [0, 0.05) is 22.9 Å². The number of hydrogen-bond donors (Lipinski definition) is 1. The maximum atomic E-state index is 13.1. The Morgan fingerprint density at radius 2 is 2.00 bits per heavy atom. The number of nitrogens with zero attached hydrogens (tertiary/aromatic N) is 2. The van der Waals surface area contributed by atoms with Crippen molar-refractivity contribution in [2.45, 2.75) is 46.2 Å². The number of carbonyl (C=O) groups is 2.